The Morgan fingerprint density at radius 2 is 1.60 bits per heavy atom. The number of benzene rings is 2. The lowest BCUT2D eigenvalue weighted by atomic mass is 10.1. The largest absolute Gasteiger partial charge is 0.319 e. The lowest BCUT2D eigenvalue weighted by Crippen LogP contribution is -2.29. The Bertz CT molecular complexity index is 590. The zero-order valence-corrected chi connectivity index (χ0v) is 11.6. The van der Waals surface area contributed by atoms with Gasteiger partial charge in [-0.2, -0.15) is 0 Å². The molecule has 4 heteroatoms. The fourth-order valence-corrected chi connectivity index (χ4v) is 3.43. The maximum atomic E-state index is 13.8. The Kier molecular flexibility index (Phi) is 3.74. The van der Waals surface area contributed by atoms with E-state index >= 15 is 0 Å². The number of rotatable bonds is 3. The van der Waals surface area contributed by atoms with Crippen LogP contribution in [0.2, 0.25) is 0 Å². The van der Waals surface area contributed by atoms with Gasteiger partial charge < -0.3 is 4.90 Å². The summed E-state index contributed by atoms with van der Waals surface area (Å²) in [6, 6.07) is 19.3. The minimum Gasteiger partial charge on any atom is -0.319 e. The number of nitrogens with zero attached hydrogens (tertiary/aromatic N) is 1. The molecule has 1 aliphatic rings. The summed E-state index contributed by atoms with van der Waals surface area (Å²) in [6.45, 7) is 0.437. The maximum absolute atomic E-state index is 13.8. The summed E-state index contributed by atoms with van der Waals surface area (Å²) < 4.78 is 13.8. The van der Waals surface area contributed by atoms with Crippen molar-refractivity contribution in [2.24, 2.45) is 0 Å². The monoisotopic (exact) mass is 287 g/mol. The molecule has 0 N–H and O–H groups in total. The van der Waals surface area contributed by atoms with Crippen LogP contribution in [0.3, 0.4) is 0 Å². The first-order valence-corrected chi connectivity index (χ1v) is 7.39. The number of hydrogen-bond donors (Lipinski definition) is 0. The molecule has 0 aliphatic carbocycles. The summed E-state index contributed by atoms with van der Waals surface area (Å²) >= 11 is 1.06. The second kappa shape index (κ2) is 5.67. The molecule has 2 atom stereocenters. The van der Waals surface area contributed by atoms with Crippen LogP contribution in [-0.4, -0.2) is 16.3 Å². The van der Waals surface area contributed by atoms with Gasteiger partial charge in [0.15, 0.2) is 0 Å². The first kappa shape index (κ1) is 13.2. The predicted octanol–water partition coefficient (Wildman–Crippen LogP) is 3.76. The van der Waals surface area contributed by atoms with E-state index in [0.29, 0.717) is 6.54 Å². The molecule has 0 bridgehead atoms. The molecular weight excluding hydrogens is 273 g/mol. The van der Waals surface area contributed by atoms with E-state index in [4.69, 9.17) is 0 Å². The molecule has 0 spiro atoms. The van der Waals surface area contributed by atoms with Gasteiger partial charge in [-0.05, 0) is 11.1 Å². The Hall–Kier alpha value is -1.81. The van der Waals surface area contributed by atoms with Crippen molar-refractivity contribution < 1.29 is 9.18 Å². The van der Waals surface area contributed by atoms with Crippen LogP contribution in [-0.2, 0) is 11.3 Å². The van der Waals surface area contributed by atoms with Crippen LogP contribution >= 0.6 is 11.8 Å². The topological polar surface area (TPSA) is 20.3 Å². The molecular formula is C16H14FNOS. The number of halogens is 1. The number of carbonyl (C=O) groups is 1. The molecule has 1 heterocycles. The number of thioether (sulfide) groups is 1. The third-order valence-electron chi connectivity index (χ3n) is 3.29. The highest BCUT2D eigenvalue weighted by Crippen LogP contribution is 2.44. The molecule has 2 nitrogen and oxygen atoms in total. The van der Waals surface area contributed by atoms with E-state index in [1.54, 1.807) is 4.90 Å². The first-order chi connectivity index (χ1) is 9.75. The first-order valence-electron chi connectivity index (χ1n) is 6.44. The summed E-state index contributed by atoms with van der Waals surface area (Å²) in [6.07, 6.45) is 0. The molecule has 0 aromatic heterocycles. The molecule has 1 amide bonds. The van der Waals surface area contributed by atoms with E-state index in [2.05, 4.69) is 0 Å². The summed E-state index contributed by atoms with van der Waals surface area (Å²) in [5.41, 5.74) is 0.502. The molecule has 0 radical (unpaired) electrons. The van der Waals surface area contributed by atoms with Gasteiger partial charge in [-0.1, -0.05) is 72.4 Å². The fourth-order valence-electron chi connectivity index (χ4n) is 2.31. The standard InChI is InChI=1S/C16H14FNOS/c17-14-15(19)18(11-12-7-3-1-4-8-12)16(20-14)13-9-5-2-6-10-13/h1-10,14,16H,11H2/t14-,16-/m1/s1. The zero-order valence-electron chi connectivity index (χ0n) is 10.8. The molecule has 0 saturated carbocycles. The molecule has 2 aromatic rings. The van der Waals surface area contributed by atoms with Crippen LogP contribution in [0.4, 0.5) is 4.39 Å². The van der Waals surface area contributed by atoms with Crippen molar-refractivity contribution in [3.63, 3.8) is 0 Å². The lowest BCUT2D eigenvalue weighted by molar-refractivity contribution is -0.133. The highest BCUT2D eigenvalue weighted by Gasteiger charge is 2.41. The number of carbonyl (C=O) groups excluding carboxylic acids is 1. The van der Waals surface area contributed by atoms with Crippen LogP contribution in [0.5, 0.6) is 0 Å². The molecule has 2 aromatic carbocycles. The third kappa shape index (κ3) is 2.56. The van der Waals surface area contributed by atoms with E-state index in [0.717, 1.165) is 22.9 Å². The minimum absolute atomic E-state index is 0.251. The Morgan fingerprint density at radius 3 is 2.25 bits per heavy atom. The minimum atomic E-state index is -1.47. The number of amides is 1. The van der Waals surface area contributed by atoms with Crippen molar-refractivity contribution in [2.75, 3.05) is 0 Å². The second-order valence-corrected chi connectivity index (χ2v) is 5.80. The summed E-state index contributed by atoms with van der Waals surface area (Å²) in [5.74, 6) is -0.437. The van der Waals surface area contributed by atoms with Crippen LogP contribution in [0.25, 0.3) is 0 Å². The molecule has 1 aliphatic heterocycles. The Morgan fingerprint density at radius 1 is 1.00 bits per heavy atom. The number of alkyl halides is 1. The van der Waals surface area contributed by atoms with Crippen LogP contribution < -0.4 is 0 Å². The van der Waals surface area contributed by atoms with Crippen molar-refractivity contribution in [1.82, 2.24) is 4.90 Å². The molecule has 3 rings (SSSR count). The number of hydrogen-bond acceptors (Lipinski definition) is 2. The smallest absolute Gasteiger partial charge is 0.269 e. The highest BCUT2D eigenvalue weighted by molar-refractivity contribution is 8.01. The molecule has 20 heavy (non-hydrogen) atoms. The molecule has 102 valence electrons. The Balaban J connectivity index is 1.87. The lowest BCUT2D eigenvalue weighted by Gasteiger charge is -2.23. The average molecular weight is 287 g/mol. The van der Waals surface area contributed by atoms with E-state index in [1.165, 1.54) is 0 Å². The SMILES string of the molecule is O=C1[C@H](F)S[C@H](c2ccccc2)N1Cc1ccccc1. The third-order valence-corrected chi connectivity index (χ3v) is 4.51. The van der Waals surface area contributed by atoms with Gasteiger partial charge in [0.25, 0.3) is 5.91 Å². The van der Waals surface area contributed by atoms with Crippen molar-refractivity contribution >= 4 is 17.7 Å². The van der Waals surface area contributed by atoms with Crippen molar-refractivity contribution in [2.45, 2.75) is 17.4 Å². The van der Waals surface area contributed by atoms with Gasteiger partial charge in [0.05, 0.1) is 0 Å². The second-order valence-electron chi connectivity index (χ2n) is 4.67. The molecule has 1 saturated heterocycles. The zero-order chi connectivity index (χ0) is 13.9. The molecule has 1 fully saturated rings. The van der Waals surface area contributed by atoms with E-state index in [9.17, 15) is 9.18 Å². The van der Waals surface area contributed by atoms with Gasteiger partial charge in [0, 0.05) is 6.54 Å². The van der Waals surface area contributed by atoms with Gasteiger partial charge >= 0.3 is 0 Å². The van der Waals surface area contributed by atoms with E-state index in [-0.39, 0.29) is 5.37 Å². The van der Waals surface area contributed by atoms with Gasteiger partial charge in [-0.15, -0.1) is 0 Å². The van der Waals surface area contributed by atoms with Crippen molar-refractivity contribution in [3.05, 3.63) is 71.8 Å². The van der Waals surface area contributed by atoms with Gasteiger partial charge in [0.2, 0.25) is 5.50 Å². The van der Waals surface area contributed by atoms with Gasteiger partial charge in [-0.3, -0.25) is 4.79 Å². The predicted molar refractivity (Wildman–Crippen MR) is 78.7 cm³/mol. The highest BCUT2D eigenvalue weighted by atomic mass is 32.2. The van der Waals surface area contributed by atoms with Crippen LogP contribution in [0, 0.1) is 0 Å². The van der Waals surface area contributed by atoms with E-state index in [1.807, 2.05) is 60.7 Å². The van der Waals surface area contributed by atoms with Crippen LogP contribution in [0.1, 0.15) is 16.5 Å². The summed E-state index contributed by atoms with van der Waals surface area (Å²) in [5, 5.41) is -0.251. The van der Waals surface area contributed by atoms with Crippen LogP contribution in [0.15, 0.2) is 60.7 Å². The summed E-state index contributed by atoms with van der Waals surface area (Å²) in [4.78, 5) is 13.6. The normalized spacial score (nSPS) is 22.2. The maximum Gasteiger partial charge on any atom is 0.269 e. The van der Waals surface area contributed by atoms with Gasteiger partial charge in [-0.25, -0.2) is 4.39 Å². The van der Waals surface area contributed by atoms with Crippen molar-refractivity contribution in [1.29, 1.82) is 0 Å². The Labute approximate surface area is 121 Å². The van der Waals surface area contributed by atoms with E-state index < -0.39 is 11.4 Å². The van der Waals surface area contributed by atoms with Crippen molar-refractivity contribution in [3.8, 4) is 0 Å². The van der Waals surface area contributed by atoms with Gasteiger partial charge in [0.1, 0.15) is 5.37 Å². The quantitative estimate of drug-likeness (QED) is 0.856. The summed E-state index contributed by atoms with van der Waals surface area (Å²) in [7, 11) is 0. The molecule has 0 unspecified atom stereocenters. The fraction of sp³-hybridized carbons (Fsp3) is 0.188. The average Bonchev–Trinajstić information content (AvgIpc) is 2.78.